The van der Waals surface area contributed by atoms with E-state index >= 15 is 0 Å². The first-order valence-corrected chi connectivity index (χ1v) is 5.97. The summed E-state index contributed by atoms with van der Waals surface area (Å²) in [6.07, 6.45) is 1.95. The minimum absolute atomic E-state index is 0.107. The summed E-state index contributed by atoms with van der Waals surface area (Å²) in [5.74, 6) is 0.822. The molecule has 1 heterocycles. The molecular formula is C14H19N3O. The van der Waals surface area contributed by atoms with Crippen LogP contribution in [0.3, 0.4) is 0 Å². The zero-order valence-corrected chi connectivity index (χ0v) is 11.1. The molecular weight excluding hydrogens is 226 g/mol. The molecule has 2 N–H and O–H groups in total. The Kier molecular flexibility index (Phi) is 3.39. The summed E-state index contributed by atoms with van der Waals surface area (Å²) < 4.78 is 7.05. The molecule has 0 radical (unpaired) electrons. The Morgan fingerprint density at radius 2 is 2.11 bits per heavy atom. The van der Waals surface area contributed by atoms with Gasteiger partial charge in [-0.3, -0.25) is 0 Å². The van der Waals surface area contributed by atoms with E-state index in [1.807, 2.05) is 41.2 Å². The van der Waals surface area contributed by atoms with Crippen LogP contribution in [0.4, 0.5) is 0 Å². The Morgan fingerprint density at radius 1 is 1.33 bits per heavy atom. The molecule has 4 nitrogen and oxygen atoms in total. The van der Waals surface area contributed by atoms with Crippen LogP contribution in [0.25, 0.3) is 5.69 Å². The predicted molar refractivity (Wildman–Crippen MR) is 72.2 cm³/mol. The lowest BCUT2D eigenvalue weighted by Gasteiger charge is -2.19. The summed E-state index contributed by atoms with van der Waals surface area (Å²) in [7, 11) is 1.66. The van der Waals surface area contributed by atoms with Crippen LogP contribution in [-0.4, -0.2) is 23.4 Å². The number of methoxy groups -OCH3 is 1. The van der Waals surface area contributed by atoms with Gasteiger partial charge in [0.05, 0.1) is 18.5 Å². The molecule has 2 rings (SSSR count). The Bertz CT molecular complexity index is 531. The van der Waals surface area contributed by atoms with Crippen molar-refractivity contribution in [1.82, 2.24) is 9.78 Å². The number of hydrogen-bond donors (Lipinski definition) is 1. The van der Waals surface area contributed by atoms with Crippen molar-refractivity contribution in [2.45, 2.75) is 19.3 Å². The molecule has 0 unspecified atom stereocenters. The molecule has 0 aliphatic carbocycles. The van der Waals surface area contributed by atoms with Crippen LogP contribution < -0.4 is 10.5 Å². The Labute approximate surface area is 107 Å². The maximum absolute atomic E-state index is 5.76. The number of aromatic nitrogens is 2. The summed E-state index contributed by atoms with van der Waals surface area (Å²) in [5, 5.41) is 4.58. The second-order valence-corrected chi connectivity index (χ2v) is 4.94. The molecule has 18 heavy (non-hydrogen) atoms. The number of ether oxygens (including phenoxy) is 1. The van der Waals surface area contributed by atoms with Gasteiger partial charge in [0.2, 0.25) is 0 Å². The van der Waals surface area contributed by atoms with Crippen molar-refractivity contribution in [3.63, 3.8) is 0 Å². The lowest BCUT2D eigenvalue weighted by Crippen LogP contribution is -2.28. The van der Waals surface area contributed by atoms with E-state index in [2.05, 4.69) is 18.9 Å². The molecule has 0 aliphatic rings. The van der Waals surface area contributed by atoms with Gasteiger partial charge in [0.25, 0.3) is 0 Å². The summed E-state index contributed by atoms with van der Waals surface area (Å²) in [5.41, 5.74) is 7.63. The topological polar surface area (TPSA) is 53.1 Å². The van der Waals surface area contributed by atoms with Gasteiger partial charge in [-0.15, -0.1) is 0 Å². The zero-order valence-electron chi connectivity index (χ0n) is 11.1. The van der Waals surface area contributed by atoms with E-state index in [9.17, 15) is 0 Å². The SMILES string of the molecule is COc1cccc(-n2ccc(C(C)(C)CN)n2)c1. The zero-order chi connectivity index (χ0) is 13.2. The van der Waals surface area contributed by atoms with Crippen LogP contribution in [0, 0.1) is 0 Å². The monoisotopic (exact) mass is 245 g/mol. The third-order valence-corrected chi connectivity index (χ3v) is 3.11. The van der Waals surface area contributed by atoms with Crippen LogP contribution in [0.1, 0.15) is 19.5 Å². The maximum atomic E-state index is 5.76. The van der Waals surface area contributed by atoms with E-state index < -0.39 is 0 Å². The van der Waals surface area contributed by atoms with E-state index in [0.29, 0.717) is 6.54 Å². The van der Waals surface area contributed by atoms with Gasteiger partial charge in [0.1, 0.15) is 5.75 Å². The first kappa shape index (κ1) is 12.6. The molecule has 0 bridgehead atoms. The lowest BCUT2D eigenvalue weighted by atomic mass is 9.90. The van der Waals surface area contributed by atoms with Crippen molar-refractivity contribution in [3.05, 3.63) is 42.2 Å². The smallest absolute Gasteiger partial charge is 0.121 e. The van der Waals surface area contributed by atoms with Gasteiger partial charge in [-0.05, 0) is 18.2 Å². The van der Waals surface area contributed by atoms with Crippen molar-refractivity contribution in [2.24, 2.45) is 5.73 Å². The second kappa shape index (κ2) is 4.82. The Morgan fingerprint density at radius 3 is 2.78 bits per heavy atom. The van der Waals surface area contributed by atoms with Crippen molar-refractivity contribution < 1.29 is 4.74 Å². The van der Waals surface area contributed by atoms with Gasteiger partial charge in [-0.1, -0.05) is 19.9 Å². The fourth-order valence-electron chi connectivity index (χ4n) is 1.69. The number of benzene rings is 1. The Balaban J connectivity index is 2.35. The first-order valence-electron chi connectivity index (χ1n) is 5.97. The fourth-order valence-corrected chi connectivity index (χ4v) is 1.69. The van der Waals surface area contributed by atoms with Crippen molar-refractivity contribution >= 4 is 0 Å². The average Bonchev–Trinajstić information content (AvgIpc) is 2.89. The van der Waals surface area contributed by atoms with Crippen LogP contribution in [0.5, 0.6) is 5.75 Å². The van der Waals surface area contributed by atoms with E-state index in [1.165, 1.54) is 0 Å². The van der Waals surface area contributed by atoms with E-state index in [4.69, 9.17) is 10.5 Å². The second-order valence-electron chi connectivity index (χ2n) is 4.94. The van der Waals surface area contributed by atoms with Gasteiger partial charge < -0.3 is 10.5 Å². The molecule has 0 saturated heterocycles. The van der Waals surface area contributed by atoms with Crippen LogP contribution in [0.2, 0.25) is 0 Å². The summed E-state index contributed by atoms with van der Waals surface area (Å²) in [4.78, 5) is 0. The van der Waals surface area contributed by atoms with Crippen LogP contribution in [0.15, 0.2) is 36.5 Å². The van der Waals surface area contributed by atoms with Crippen molar-refractivity contribution in [1.29, 1.82) is 0 Å². The molecule has 0 amide bonds. The van der Waals surface area contributed by atoms with Crippen molar-refractivity contribution in [2.75, 3.05) is 13.7 Å². The van der Waals surface area contributed by atoms with Gasteiger partial charge >= 0.3 is 0 Å². The predicted octanol–water partition coefficient (Wildman–Crippen LogP) is 2.12. The maximum Gasteiger partial charge on any atom is 0.121 e. The van der Waals surface area contributed by atoms with Crippen LogP contribution in [-0.2, 0) is 5.41 Å². The molecule has 1 aromatic carbocycles. The van der Waals surface area contributed by atoms with Gasteiger partial charge in [-0.2, -0.15) is 5.10 Å². The normalized spacial score (nSPS) is 11.6. The number of hydrogen-bond acceptors (Lipinski definition) is 3. The molecule has 1 aromatic heterocycles. The summed E-state index contributed by atoms with van der Waals surface area (Å²) in [6, 6.07) is 9.81. The highest BCUT2D eigenvalue weighted by Gasteiger charge is 2.21. The standard InChI is InChI=1S/C14H19N3O/c1-14(2,10-15)13-7-8-17(16-13)11-5-4-6-12(9-11)18-3/h4-9H,10,15H2,1-3H3. The highest BCUT2D eigenvalue weighted by Crippen LogP contribution is 2.21. The molecule has 0 aliphatic heterocycles. The molecule has 0 fully saturated rings. The summed E-state index contributed by atoms with van der Waals surface area (Å²) in [6.45, 7) is 4.75. The molecule has 4 heteroatoms. The molecule has 0 saturated carbocycles. The largest absolute Gasteiger partial charge is 0.497 e. The average molecular weight is 245 g/mol. The van der Waals surface area contributed by atoms with Crippen LogP contribution >= 0.6 is 0 Å². The van der Waals surface area contributed by atoms with Gasteiger partial charge in [-0.25, -0.2) is 4.68 Å². The minimum Gasteiger partial charge on any atom is -0.497 e. The molecule has 2 aromatic rings. The third-order valence-electron chi connectivity index (χ3n) is 3.11. The molecule has 96 valence electrons. The highest BCUT2D eigenvalue weighted by molar-refractivity contribution is 5.39. The molecule has 0 spiro atoms. The minimum atomic E-state index is -0.107. The van der Waals surface area contributed by atoms with E-state index in [0.717, 1.165) is 17.1 Å². The number of rotatable bonds is 4. The van der Waals surface area contributed by atoms with E-state index in [1.54, 1.807) is 7.11 Å². The quantitative estimate of drug-likeness (QED) is 0.897. The Hall–Kier alpha value is -1.81. The molecule has 0 atom stereocenters. The third kappa shape index (κ3) is 2.38. The number of nitrogens with zero attached hydrogens (tertiary/aromatic N) is 2. The fraction of sp³-hybridized carbons (Fsp3) is 0.357. The van der Waals surface area contributed by atoms with Crippen molar-refractivity contribution in [3.8, 4) is 11.4 Å². The summed E-state index contributed by atoms with van der Waals surface area (Å²) >= 11 is 0. The van der Waals surface area contributed by atoms with Gasteiger partial charge in [0, 0.05) is 24.2 Å². The van der Waals surface area contributed by atoms with E-state index in [-0.39, 0.29) is 5.41 Å². The first-order chi connectivity index (χ1) is 8.56. The van der Waals surface area contributed by atoms with Gasteiger partial charge in [0.15, 0.2) is 0 Å². The number of nitrogens with two attached hydrogens (primary N) is 1. The highest BCUT2D eigenvalue weighted by atomic mass is 16.5. The lowest BCUT2D eigenvalue weighted by molar-refractivity contribution is 0.414.